The van der Waals surface area contributed by atoms with E-state index in [1.807, 2.05) is 67.6 Å². The highest BCUT2D eigenvalue weighted by molar-refractivity contribution is 7.21. The Kier molecular flexibility index (Phi) is 4.33. The third kappa shape index (κ3) is 3.55. The van der Waals surface area contributed by atoms with Gasteiger partial charge in [0.1, 0.15) is 15.4 Å². The van der Waals surface area contributed by atoms with Gasteiger partial charge in [-0.25, -0.2) is 14.8 Å². The minimum atomic E-state index is -0.281. The van der Waals surface area contributed by atoms with Crippen molar-refractivity contribution in [2.24, 2.45) is 0 Å². The Hall–Kier alpha value is -3.25. The van der Waals surface area contributed by atoms with Crippen LogP contribution in [0.2, 0.25) is 0 Å². The Morgan fingerprint density at radius 1 is 0.962 bits per heavy atom. The molecular formula is C20H16N4OS. The first kappa shape index (κ1) is 16.2. The monoisotopic (exact) mass is 360 g/mol. The average Bonchev–Trinajstić information content (AvgIpc) is 3.08. The molecule has 0 aliphatic carbocycles. The number of amides is 2. The SMILES string of the molecule is Cc1ccc(NC(=O)Nc2cccc(-c3nc4cccnc4s3)c2)cc1. The molecule has 2 amide bonds. The lowest BCUT2D eigenvalue weighted by atomic mass is 10.2. The van der Waals surface area contributed by atoms with Gasteiger partial charge >= 0.3 is 6.03 Å². The van der Waals surface area contributed by atoms with Crippen molar-refractivity contribution in [2.45, 2.75) is 6.92 Å². The number of thiazole rings is 1. The van der Waals surface area contributed by atoms with Gasteiger partial charge in [-0.2, -0.15) is 0 Å². The molecule has 0 radical (unpaired) electrons. The van der Waals surface area contributed by atoms with Crippen LogP contribution in [0.1, 0.15) is 5.56 Å². The molecule has 0 aliphatic heterocycles. The number of fused-ring (bicyclic) bond motifs is 1. The highest BCUT2D eigenvalue weighted by atomic mass is 32.1. The largest absolute Gasteiger partial charge is 0.323 e. The second kappa shape index (κ2) is 6.93. The number of anilines is 2. The molecule has 5 nitrogen and oxygen atoms in total. The molecule has 128 valence electrons. The van der Waals surface area contributed by atoms with Gasteiger partial charge in [-0.3, -0.25) is 0 Å². The quantitative estimate of drug-likeness (QED) is 0.520. The van der Waals surface area contributed by atoms with E-state index in [2.05, 4.69) is 20.6 Å². The number of pyridine rings is 1. The third-order valence-corrected chi connectivity index (χ3v) is 4.87. The van der Waals surface area contributed by atoms with Crippen molar-refractivity contribution in [1.82, 2.24) is 9.97 Å². The van der Waals surface area contributed by atoms with Gasteiger partial charge in [0.15, 0.2) is 0 Å². The fourth-order valence-corrected chi connectivity index (χ4v) is 3.46. The molecule has 4 rings (SSSR count). The van der Waals surface area contributed by atoms with Gasteiger partial charge < -0.3 is 10.6 Å². The normalized spacial score (nSPS) is 10.7. The van der Waals surface area contributed by atoms with E-state index in [0.717, 1.165) is 32.2 Å². The number of rotatable bonds is 3. The first-order valence-electron chi connectivity index (χ1n) is 8.14. The molecule has 26 heavy (non-hydrogen) atoms. The molecule has 6 heteroatoms. The molecule has 0 aliphatic rings. The fourth-order valence-electron chi connectivity index (χ4n) is 2.55. The molecule has 0 spiro atoms. The smallest absolute Gasteiger partial charge is 0.308 e. The number of carbonyl (C=O) groups is 1. The molecule has 4 aromatic rings. The second-order valence-electron chi connectivity index (χ2n) is 5.87. The number of aromatic nitrogens is 2. The second-order valence-corrected chi connectivity index (χ2v) is 6.85. The van der Waals surface area contributed by atoms with Crippen LogP contribution in [0.3, 0.4) is 0 Å². The maximum absolute atomic E-state index is 12.2. The third-order valence-electron chi connectivity index (χ3n) is 3.84. The maximum atomic E-state index is 12.2. The van der Waals surface area contributed by atoms with E-state index in [0.29, 0.717) is 5.69 Å². The molecular weight excluding hydrogens is 344 g/mol. The van der Waals surface area contributed by atoms with Gasteiger partial charge in [-0.1, -0.05) is 41.2 Å². The van der Waals surface area contributed by atoms with Crippen LogP contribution in [0.25, 0.3) is 20.9 Å². The molecule has 0 fully saturated rings. The number of hydrogen-bond acceptors (Lipinski definition) is 4. The minimum Gasteiger partial charge on any atom is -0.308 e. The first-order chi connectivity index (χ1) is 12.7. The Balaban J connectivity index is 1.51. The van der Waals surface area contributed by atoms with Gasteiger partial charge in [0.05, 0.1) is 0 Å². The summed E-state index contributed by atoms with van der Waals surface area (Å²) in [5.41, 5.74) is 4.43. The van der Waals surface area contributed by atoms with Crippen molar-refractivity contribution in [3.63, 3.8) is 0 Å². The summed E-state index contributed by atoms with van der Waals surface area (Å²) in [5, 5.41) is 6.56. The summed E-state index contributed by atoms with van der Waals surface area (Å²) in [6, 6.07) is 18.8. The topological polar surface area (TPSA) is 66.9 Å². The lowest BCUT2D eigenvalue weighted by Crippen LogP contribution is -2.19. The molecule has 2 aromatic carbocycles. The zero-order chi connectivity index (χ0) is 17.9. The van der Waals surface area contributed by atoms with E-state index in [4.69, 9.17) is 0 Å². The van der Waals surface area contributed by atoms with Gasteiger partial charge in [0.25, 0.3) is 0 Å². The maximum Gasteiger partial charge on any atom is 0.323 e. The van der Waals surface area contributed by atoms with Crippen molar-refractivity contribution in [3.8, 4) is 10.6 Å². The average molecular weight is 360 g/mol. The number of benzene rings is 2. The van der Waals surface area contributed by atoms with E-state index in [9.17, 15) is 4.79 Å². The molecule has 2 N–H and O–H groups in total. The number of hydrogen-bond donors (Lipinski definition) is 2. The number of nitrogens with one attached hydrogen (secondary N) is 2. The van der Waals surface area contributed by atoms with Gasteiger partial charge in [-0.15, -0.1) is 0 Å². The minimum absolute atomic E-state index is 0.281. The van der Waals surface area contributed by atoms with Crippen molar-refractivity contribution in [1.29, 1.82) is 0 Å². The van der Waals surface area contributed by atoms with E-state index in [1.54, 1.807) is 6.20 Å². The zero-order valence-corrected chi connectivity index (χ0v) is 14.9. The summed E-state index contributed by atoms with van der Waals surface area (Å²) in [5.74, 6) is 0. The summed E-state index contributed by atoms with van der Waals surface area (Å²) in [4.78, 5) is 22.0. The summed E-state index contributed by atoms with van der Waals surface area (Å²) >= 11 is 1.53. The number of carbonyl (C=O) groups excluding carboxylic acids is 1. The first-order valence-corrected chi connectivity index (χ1v) is 8.96. The zero-order valence-electron chi connectivity index (χ0n) is 14.1. The molecule has 0 atom stereocenters. The van der Waals surface area contributed by atoms with E-state index in [1.165, 1.54) is 11.3 Å². The fraction of sp³-hybridized carbons (Fsp3) is 0.0500. The molecule has 0 saturated heterocycles. The van der Waals surface area contributed by atoms with Crippen LogP contribution in [0, 0.1) is 6.92 Å². The molecule has 0 bridgehead atoms. The van der Waals surface area contributed by atoms with Gasteiger partial charge in [0.2, 0.25) is 0 Å². The number of nitrogens with zero attached hydrogens (tertiary/aromatic N) is 2. The Bertz CT molecular complexity index is 1040. The van der Waals surface area contributed by atoms with Crippen LogP contribution in [0.5, 0.6) is 0 Å². The molecule has 0 unspecified atom stereocenters. The lowest BCUT2D eigenvalue weighted by Gasteiger charge is -2.08. The van der Waals surface area contributed by atoms with Crippen molar-refractivity contribution in [2.75, 3.05) is 10.6 Å². The molecule has 2 aromatic heterocycles. The van der Waals surface area contributed by atoms with Crippen molar-refractivity contribution < 1.29 is 4.79 Å². The van der Waals surface area contributed by atoms with Gasteiger partial charge in [-0.05, 0) is 43.3 Å². The van der Waals surface area contributed by atoms with Crippen LogP contribution in [-0.4, -0.2) is 16.0 Å². The van der Waals surface area contributed by atoms with Crippen LogP contribution in [-0.2, 0) is 0 Å². The van der Waals surface area contributed by atoms with Crippen LogP contribution in [0.4, 0.5) is 16.2 Å². The Morgan fingerprint density at radius 2 is 1.77 bits per heavy atom. The Morgan fingerprint density at radius 3 is 2.58 bits per heavy atom. The summed E-state index contributed by atoms with van der Waals surface area (Å²) < 4.78 is 0. The van der Waals surface area contributed by atoms with E-state index in [-0.39, 0.29) is 6.03 Å². The van der Waals surface area contributed by atoms with Crippen LogP contribution >= 0.6 is 11.3 Å². The van der Waals surface area contributed by atoms with E-state index < -0.39 is 0 Å². The van der Waals surface area contributed by atoms with Crippen molar-refractivity contribution in [3.05, 3.63) is 72.4 Å². The van der Waals surface area contributed by atoms with Gasteiger partial charge in [0, 0.05) is 23.1 Å². The summed E-state index contributed by atoms with van der Waals surface area (Å²) in [7, 11) is 0. The predicted molar refractivity (Wildman–Crippen MR) is 107 cm³/mol. The van der Waals surface area contributed by atoms with Crippen LogP contribution < -0.4 is 10.6 Å². The highest BCUT2D eigenvalue weighted by Gasteiger charge is 2.08. The summed E-state index contributed by atoms with van der Waals surface area (Å²) in [6.07, 6.45) is 1.76. The number of urea groups is 1. The summed E-state index contributed by atoms with van der Waals surface area (Å²) in [6.45, 7) is 2.01. The lowest BCUT2D eigenvalue weighted by molar-refractivity contribution is 0.262. The highest BCUT2D eigenvalue weighted by Crippen LogP contribution is 2.30. The van der Waals surface area contributed by atoms with Crippen LogP contribution in [0.15, 0.2) is 66.9 Å². The van der Waals surface area contributed by atoms with Crippen molar-refractivity contribution >= 4 is 39.1 Å². The van der Waals surface area contributed by atoms with E-state index >= 15 is 0 Å². The Labute approximate surface area is 154 Å². The number of aryl methyl sites for hydroxylation is 1. The predicted octanol–water partition coefficient (Wildman–Crippen LogP) is 5.31. The molecule has 2 heterocycles. The molecule has 0 saturated carbocycles. The standard InChI is InChI=1S/C20H16N4OS/c1-13-7-9-15(10-8-13)22-20(25)23-16-5-2-4-14(12-16)18-24-17-6-3-11-21-19(17)26-18/h2-12H,1H3,(H2,22,23,25).